The van der Waals surface area contributed by atoms with Crippen LogP contribution in [0.5, 0.6) is 23.0 Å². The summed E-state index contributed by atoms with van der Waals surface area (Å²) in [5.74, 6) is 0.0134. The first-order chi connectivity index (χ1) is 16.2. The second-order valence-electron chi connectivity index (χ2n) is 8.34. The number of benzene rings is 3. The fourth-order valence-electron chi connectivity index (χ4n) is 2.92. The van der Waals surface area contributed by atoms with E-state index in [0.29, 0.717) is 5.56 Å². The van der Waals surface area contributed by atoms with Gasteiger partial charge in [-0.15, -0.1) is 0 Å². The van der Waals surface area contributed by atoms with Crippen LogP contribution in [0.25, 0.3) is 0 Å². The van der Waals surface area contributed by atoms with Gasteiger partial charge in [0.15, 0.2) is 0 Å². The van der Waals surface area contributed by atoms with Gasteiger partial charge in [-0.25, -0.2) is 0 Å². The van der Waals surface area contributed by atoms with Gasteiger partial charge in [-0.05, 0) is 59.5 Å². The second kappa shape index (κ2) is 10.1. The summed E-state index contributed by atoms with van der Waals surface area (Å²) in [4.78, 5) is 0. The Morgan fingerprint density at radius 1 is 0.600 bits per heavy atom. The Kier molecular flexibility index (Phi) is 7.56. The van der Waals surface area contributed by atoms with Crippen LogP contribution in [0.4, 0.5) is 7.77 Å². The summed E-state index contributed by atoms with van der Waals surface area (Å²) in [6, 6.07) is 17.7. The van der Waals surface area contributed by atoms with E-state index in [1.54, 1.807) is 0 Å². The third-order valence-corrected chi connectivity index (χ3v) is 5.36. The molecule has 0 spiro atoms. The van der Waals surface area contributed by atoms with Crippen molar-refractivity contribution in [3.63, 3.8) is 0 Å². The molecule has 0 unspecified atom stereocenters. The molecule has 0 amide bonds. The molecular formula is C23H22F2O8S2. The minimum absolute atomic E-state index is 0.0884. The fraction of sp³-hybridized carbons (Fsp3) is 0.217. The van der Waals surface area contributed by atoms with Gasteiger partial charge in [0.25, 0.3) is 6.29 Å². The predicted molar refractivity (Wildman–Crippen MR) is 123 cm³/mol. The maximum absolute atomic E-state index is 12.7. The van der Waals surface area contributed by atoms with E-state index in [1.807, 2.05) is 24.3 Å². The molecule has 0 N–H and O–H groups in total. The van der Waals surface area contributed by atoms with E-state index >= 15 is 0 Å². The van der Waals surface area contributed by atoms with Crippen molar-refractivity contribution < 1.29 is 42.4 Å². The van der Waals surface area contributed by atoms with E-state index in [2.05, 4.69) is 29.1 Å². The van der Waals surface area contributed by atoms with Crippen molar-refractivity contribution in [2.75, 3.05) is 0 Å². The first kappa shape index (κ1) is 26.2. The van der Waals surface area contributed by atoms with Crippen molar-refractivity contribution in [1.82, 2.24) is 0 Å². The number of halogens is 2. The van der Waals surface area contributed by atoms with E-state index in [0.717, 1.165) is 5.56 Å². The molecule has 0 aliphatic heterocycles. The van der Waals surface area contributed by atoms with E-state index in [4.69, 9.17) is 9.47 Å². The van der Waals surface area contributed by atoms with Crippen molar-refractivity contribution in [2.24, 2.45) is 0 Å². The van der Waals surface area contributed by atoms with Gasteiger partial charge < -0.3 is 17.8 Å². The van der Waals surface area contributed by atoms with Gasteiger partial charge in [-0.2, -0.15) is 16.8 Å². The third kappa shape index (κ3) is 8.41. The molecule has 0 aliphatic rings. The molecule has 0 bridgehead atoms. The lowest BCUT2D eigenvalue weighted by molar-refractivity contribution is 0.00373. The van der Waals surface area contributed by atoms with E-state index in [9.17, 15) is 24.6 Å². The monoisotopic (exact) mass is 528 g/mol. The average molecular weight is 529 g/mol. The molecule has 3 aromatic carbocycles. The van der Waals surface area contributed by atoms with Gasteiger partial charge >= 0.3 is 21.0 Å². The maximum atomic E-state index is 12.7. The van der Waals surface area contributed by atoms with Crippen LogP contribution < -0.4 is 17.8 Å². The summed E-state index contributed by atoms with van der Waals surface area (Å²) < 4.78 is 88.2. The van der Waals surface area contributed by atoms with Crippen molar-refractivity contribution in [1.29, 1.82) is 0 Å². The quantitative estimate of drug-likeness (QED) is 0.271. The Morgan fingerprint density at radius 3 is 1.26 bits per heavy atom. The van der Waals surface area contributed by atoms with Gasteiger partial charge in [-0.3, -0.25) is 0 Å². The summed E-state index contributed by atoms with van der Waals surface area (Å²) >= 11 is 0. The minimum Gasteiger partial charge on any atom is -0.451 e. The average Bonchev–Trinajstić information content (AvgIpc) is 2.73. The first-order valence-electron chi connectivity index (χ1n) is 10.1. The fourth-order valence-corrected chi connectivity index (χ4v) is 3.61. The van der Waals surface area contributed by atoms with Crippen LogP contribution >= 0.6 is 0 Å². The van der Waals surface area contributed by atoms with Gasteiger partial charge in [0.2, 0.25) is 0 Å². The highest BCUT2D eigenvalue weighted by Crippen LogP contribution is 2.30. The van der Waals surface area contributed by atoms with Crippen LogP contribution in [-0.2, 0) is 26.4 Å². The number of rotatable bonds is 9. The highest BCUT2D eigenvalue weighted by Gasteiger charge is 2.19. The molecule has 0 radical (unpaired) electrons. The summed E-state index contributed by atoms with van der Waals surface area (Å²) in [6.45, 7) is 6.19. The lowest BCUT2D eigenvalue weighted by atomic mass is 9.87. The molecule has 0 heterocycles. The van der Waals surface area contributed by atoms with Gasteiger partial charge in [0.1, 0.15) is 23.0 Å². The number of hydrogen-bond donors (Lipinski definition) is 0. The normalized spacial score (nSPS) is 12.3. The Balaban J connectivity index is 1.86. The zero-order chi connectivity index (χ0) is 25.9. The first-order valence-corrected chi connectivity index (χ1v) is 12.7. The third-order valence-electron chi connectivity index (χ3n) is 4.57. The topological polar surface area (TPSA) is 105 Å². The van der Waals surface area contributed by atoms with Crippen molar-refractivity contribution in [2.45, 2.75) is 32.5 Å². The molecule has 188 valence electrons. The van der Waals surface area contributed by atoms with Crippen LogP contribution in [-0.4, -0.2) is 16.8 Å². The molecule has 0 fully saturated rings. The number of hydrogen-bond acceptors (Lipinski definition) is 8. The molecule has 0 saturated heterocycles. The lowest BCUT2D eigenvalue weighted by Gasteiger charge is -2.23. The molecule has 12 heteroatoms. The van der Waals surface area contributed by atoms with Crippen LogP contribution in [0, 0.1) is 0 Å². The summed E-state index contributed by atoms with van der Waals surface area (Å²) in [5.41, 5.74) is 1.61. The van der Waals surface area contributed by atoms with Gasteiger partial charge in [-0.1, -0.05) is 52.8 Å². The molecule has 0 atom stereocenters. The van der Waals surface area contributed by atoms with Crippen LogP contribution in [0.2, 0.25) is 0 Å². The molecule has 0 aromatic heterocycles. The number of ether oxygens (including phenoxy) is 2. The van der Waals surface area contributed by atoms with E-state index < -0.39 is 27.3 Å². The zero-order valence-electron chi connectivity index (χ0n) is 18.8. The molecule has 0 aliphatic carbocycles. The Hall–Kier alpha value is -3.38. The largest absolute Gasteiger partial charge is 0.488 e. The Morgan fingerprint density at radius 2 is 0.943 bits per heavy atom. The highest BCUT2D eigenvalue weighted by atomic mass is 32.3. The molecule has 3 rings (SSSR count). The highest BCUT2D eigenvalue weighted by molar-refractivity contribution is 7.82. The van der Waals surface area contributed by atoms with Crippen molar-refractivity contribution >= 4 is 21.0 Å². The molecular weight excluding hydrogens is 506 g/mol. The molecule has 8 nitrogen and oxygen atoms in total. The lowest BCUT2D eigenvalue weighted by Crippen LogP contribution is -2.16. The van der Waals surface area contributed by atoms with Crippen LogP contribution in [0.3, 0.4) is 0 Å². The maximum Gasteiger partial charge on any atom is 0.488 e. The Bertz CT molecular complexity index is 1270. The van der Waals surface area contributed by atoms with Crippen LogP contribution in [0.1, 0.15) is 38.2 Å². The van der Waals surface area contributed by atoms with Gasteiger partial charge in [0.05, 0.1) is 0 Å². The Labute approximate surface area is 202 Å². The summed E-state index contributed by atoms with van der Waals surface area (Å²) in [7, 11) is -10.3. The van der Waals surface area contributed by atoms with E-state index in [1.165, 1.54) is 48.5 Å². The predicted octanol–water partition coefficient (Wildman–Crippen LogP) is 5.33. The molecule has 35 heavy (non-hydrogen) atoms. The minimum atomic E-state index is -5.16. The van der Waals surface area contributed by atoms with Crippen LogP contribution in [0.15, 0.2) is 72.8 Å². The van der Waals surface area contributed by atoms with E-state index in [-0.39, 0.29) is 28.4 Å². The SMILES string of the molecule is CC(C)(C)c1ccc(C(Oc2ccc(OS(=O)(=O)F)cc2)Oc2ccc(OS(=O)(=O)F)cc2)cc1. The summed E-state index contributed by atoms with van der Waals surface area (Å²) in [5, 5.41) is 0. The zero-order valence-corrected chi connectivity index (χ0v) is 20.5. The van der Waals surface area contributed by atoms with Crippen molar-refractivity contribution in [3.05, 3.63) is 83.9 Å². The standard InChI is InChI=1S/C23H22F2O8S2/c1-23(2,3)17-6-4-16(5-7-17)22(30-18-8-12-20(13-9-18)32-34(24,26)27)31-19-10-14-21(15-11-19)33-35(25,28)29/h4-15,22H,1-3H3. The molecule has 0 saturated carbocycles. The summed E-state index contributed by atoms with van der Waals surface area (Å²) in [6.07, 6.45) is -1.00. The smallest absolute Gasteiger partial charge is 0.451 e. The molecule has 3 aromatic rings. The van der Waals surface area contributed by atoms with Gasteiger partial charge in [0, 0.05) is 5.56 Å². The second-order valence-corrected chi connectivity index (χ2v) is 10.2. The van der Waals surface area contributed by atoms with Crippen molar-refractivity contribution in [3.8, 4) is 23.0 Å².